The van der Waals surface area contributed by atoms with E-state index in [4.69, 9.17) is 0 Å². The highest BCUT2D eigenvalue weighted by Crippen LogP contribution is 2.36. The molecule has 0 atom stereocenters. The van der Waals surface area contributed by atoms with Crippen molar-refractivity contribution in [3.05, 3.63) is 59.4 Å². The highest BCUT2D eigenvalue weighted by atomic mass is 19.1. The molecular formula is C22H24FN3O2. The summed E-state index contributed by atoms with van der Waals surface area (Å²) in [6.45, 7) is 2.15. The van der Waals surface area contributed by atoms with Gasteiger partial charge in [-0.1, -0.05) is 17.7 Å². The lowest BCUT2D eigenvalue weighted by Crippen LogP contribution is -2.23. The molecule has 1 amide bonds. The summed E-state index contributed by atoms with van der Waals surface area (Å²) in [5, 5.41) is 12.3. The van der Waals surface area contributed by atoms with Crippen molar-refractivity contribution in [2.45, 2.75) is 38.6 Å². The Kier molecular flexibility index (Phi) is 5.13. The van der Waals surface area contributed by atoms with Crippen LogP contribution in [0.5, 0.6) is 0 Å². The van der Waals surface area contributed by atoms with Crippen molar-refractivity contribution >= 4 is 22.9 Å². The number of aromatic nitrogens is 2. The van der Waals surface area contributed by atoms with Gasteiger partial charge >= 0.3 is 0 Å². The molecule has 0 aliphatic heterocycles. The van der Waals surface area contributed by atoms with Gasteiger partial charge in [-0.25, -0.2) is 9.37 Å². The van der Waals surface area contributed by atoms with Crippen molar-refractivity contribution < 1.29 is 14.3 Å². The zero-order valence-corrected chi connectivity index (χ0v) is 15.9. The number of nitrogens with zero attached hydrogens (tertiary/aromatic N) is 2. The number of hydrogen-bond donors (Lipinski definition) is 2. The van der Waals surface area contributed by atoms with Crippen LogP contribution in [0.1, 0.15) is 47.6 Å². The molecule has 0 unspecified atom stereocenters. The number of aliphatic hydroxyl groups is 1. The third-order valence-corrected chi connectivity index (χ3v) is 5.60. The molecule has 0 saturated heterocycles. The maximum atomic E-state index is 13.7. The average molecular weight is 381 g/mol. The standard InChI is InChI=1S/C22H24FN3O2/c1-14-3-2-4-16(11-14)21(28)25-22-24-19-12-17(23)7-10-20(19)26(22)18-8-5-15(13-27)6-9-18/h2-4,7,10-12,15,18,27H,5-6,8-9,13H2,1H3,(H,24,25,28). The first-order chi connectivity index (χ1) is 13.5. The quantitative estimate of drug-likeness (QED) is 0.701. The molecule has 0 bridgehead atoms. The molecule has 4 rings (SSSR count). The van der Waals surface area contributed by atoms with Gasteiger partial charge in [0.05, 0.1) is 11.0 Å². The fraction of sp³-hybridized carbons (Fsp3) is 0.364. The fourth-order valence-electron chi connectivity index (χ4n) is 4.08. The first kappa shape index (κ1) is 18.6. The molecule has 0 spiro atoms. The van der Waals surface area contributed by atoms with E-state index in [0.29, 0.717) is 22.9 Å². The van der Waals surface area contributed by atoms with Crippen LogP contribution in [0.15, 0.2) is 42.5 Å². The van der Waals surface area contributed by atoms with Gasteiger partial charge in [0.15, 0.2) is 0 Å². The van der Waals surface area contributed by atoms with Gasteiger partial charge in [-0.3, -0.25) is 10.1 Å². The highest BCUT2D eigenvalue weighted by Gasteiger charge is 2.26. The molecule has 2 aromatic carbocycles. The van der Waals surface area contributed by atoms with Gasteiger partial charge in [0.25, 0.3) is 5.91 Å². The number of carbonyl (C=O) groups is 1. The lowest BCUT2D eigenvalue weighted by Gasteiger charge is -2.29. The molecule has 5 nitrogen and oxygen atoms in total. The summed E-state index contributed by atoms with van der Waals surface area (Å²) in [5.41, 5.74) is 2.91. The van der Waals surface area contributed by atoms with Crippen molar-refractivity contribution in [2.24, 2.45) is 5.92 Å². The summed E-state index contributed by atoms with van der Waals surface area (Å²) in [6, 6.07) is 12.1. The Morgan fingerprint density at radius 1 is 1.21 bits per heavy atom. The second-order valence-corrected chi connectivity index (χ2v) is 7.62. The molecule has 1 fully saturated rings. The molecule has 3 aromatic rings. The third kappa shape index (κ3) is 3.64. The molecule has 1 aliphatic carbocycles. The van der Waals surface area contributed by atoms with E-state index >= 15 is 0 Å². The number of hydrogen-bond acceptors (Lipinski definition) is 3. The number of carbonyl (C=O) groups excluding carboxylic acids is 1. The molecule has 146 valence electrons. The van der Waals surface area contributed by atoms with Crippen LogP contribution in [0.3, 0.4) is 0 Å². The number of fused-ring (bicyclic) bond motifs is 1. The summed E-state index contributed by atoms with van der Waals surface area (Å²) < 4.78 is 15.7. The smallest absolute Gasteiger partial charge is 0.257 e. The number of nitrogens with one attached hydrogen (secondary N) is 1. The molecule has 1 heterocycles. The lowest BCUT2D eigenvalue weighted by atomic mass is 9.86. The number of anilines is 1. The number of aryl methyl sites for hydroxylation is 1. The van der Waals surface area contributed by atoms with Crippen molar-refractivity contribution in [1.82, 2.24) is 9.55 Å². The van der Waals surface area contributed by atoms with Crippen molar-refractivity contribution in [2.75, 3.05) is 11.9 Å². The number of aliphatic hydroxyl groups excluding tert-OH is 1. The van der Waals surface area contributed by atoms with Gasteiger partial charge in [-0.2, -0.15) is 0 Å². The van der Waals surface area contributed by atoms with Crippen molar-refractivity contribution in [1.29, 1.82) is 0 Å². The number of benzene rings is 2. The minimum Gasteiger partial charge on any atom is -0.396 e. The second kappa shape index (κ2) is 7.72. The Balaban J connectivity index is 1.70. The summed E-state index contributed by atoms with van der Waals surface area (Å²) in [6.07, 6.45) is 3.63. The van der Waals surface area contributed by atoms with Crippen LogP contribution in [-0.2, 0) is 0 Å². The van der Waals surface area contributed by atoms with Gasteiger partial charge in [0.2, 0.25) is 5.95 Å². The molecule has 2 N–H and O–H groups in total. The molecule has 28 heavy (non-hydrogen) atoms. The fourth-order valence-corrected chi connectivity index (χ4v) is 4.08. The molecule has 6 heteroatoms. The van der Waals surface area contributed by atoms with Crippen LogP contribution in [0.4, 0.5) is 10.3 Å². The SMILES string of the molecule is Cc1cccc(C(=O)Nc2nc3cc(F)ccc3n2C2CCC(CO)CC2)c1. The number of halogens is 1. The monoisotopic (exact) mass is 381 g/mol. The summed E-state index contributed by atoms with van der Waals surface area (Å²) in [4.78, 5) is 17.3. The Morgan fingerprint density at radius 2 is 2.00 bits per heavy atom. The van der Waals surface area contributed by atoms with Crippen LogP contribution in [0.25, 0.3) is 11.0 Å². The number of imidazole rings is 1. The zero-order chi connectivity index (χ0) is 19.7. The van der Waals surface area contributed by atoms with Crippen LogP contribution >= 0.6 is 0 Å². The minimum atomic E-state index is -0.349. The van der Waals surface area contributed by atoms with Crippen LogP contribution in [-0.4, -0.2) is 27.2 Å². The maximum Gasteiger partial charge on any atom is 0.257 e. The summed E-state index contributed by atoms with van der Waals surface area (Å²) in [5.74, 6) is 0.191. The summed E-state index contributed by atoms with van der Waals surface area (Å²) in [7, 11) is 0. The van der Waals surface area contributed by atoms with E-state index in [1.54, 1.807) is 12.1 Å². The van der Waals surface area contributed by atoms with Crippen molar-refractivity contribution in [3.8, 4) is 0 Å². The van der Waals surface area contributed by atoms with Gasteiger partial charge in [-0.15, -0.1) is 0 Å². The zero-order valence-electron chi connectivity index (χ0n) is 15.9. The Labute approximate surface area is 163 Å². The van der Waals surface area contributed by atoms with E-state index in [2.05, 4.69) is 10.3 Å². The molecule has 1 saturated carbocycles. The van der Waals surface area contributed by atoms with E-state index in [0.717, 1.165) is 36.8 Å². The lowest BCUT2D eigenvalue weighted by molar-refractivity contribution is 0.102. The first-order valence-electron chi connectivity index (χ1n) is 9.71. The second-order valence-electron chi connectivity index (χ2n) is 7.62. The third-order valence-electron chi connectivity index (χ3n) is 5.60. The van der Waals surface area contributed by atoms with Crippen LogP contribution in [0, 0.1) is 18.7 Å². The first-order valence-corrected chi connectivity index (χ1v) is 9.71. The molecule has 1 aromatic heterocycles. The Morgan fingerprint density at radius 3 is 2.71 bits per heavy atom. The largest absolute Gasteiger partial charge is 0.396 e. The van der Waals surface area contributed by atoms with Gasteiger partial charge in [0.1, 0.15) is 5.82 Å². The van der Waals surface area contributed by atoms with E-state index in [-0.39, 0.29) is 24.4 Å². The van der Waals surface area contributed by atoms with E-state index in [1.165, 1.54) is 12.1 Å². The van der Waals surface area contributed by atoms with Crippen LogP contribution < -0.4 is 5.32 Å². The predicted molar refractivity (Wildman–Crippen MR) is 107 cm³/mol. The maximum absolute atomic E-state index is 13.7. The van der Waals surface area contributed by atoms with Crippen LogP contribution in [0.2, 0.25) is 0 Å². The normalized spacial score (nSPS) is 19.7. The topological polar surface area (TPSA) is 67.2 Å². The summed E-state index contributed by atoms with van der Waals surface area (Å²) >= 11 is 0. The van der Waals surface area contributed by atoms with E-state index in [9.17, 15) is 14.3 Å². The van der Waals surface area contributed by atoms with Crippen molar-refractivity contribution in [3.63, 3.8) is 0 Å². The molecule has 0 radical (unpaired) electrons. The van der Waals surface area contributed by atoms with E-state index in [1.807, 2.05) is 29.7 Å². The Bertz CT molecular complexity index is 1010. The van der Waals surface area contributed by atoms with E-state index < -0.39 is 0 Å². The number of amides is 1. The number of rotatable bonds is 4. The average Bonchev–Trinajstić information content (AvgIpc) is 3.04. The highest BCUT2D eigenvalue weighted by molar-refractivity contribution is 6.04. The Hall–Kier alpha value is -2.73. The van der Waals surface area contributed by atoms with Gasteiger partial charge in [0, 0.05) is 24.3 Å². The predicted octanol–water partition coefficient (Wildman–Crippen LogP) is 4.46. The van der Waals surface area contributed by atoms with Gasteiger partial charge < -0.3 is 9.67 Å². The van der Waals surface area contributed by atoms with Gasteiger partial charge in [-0.05, 0) is 62.8 Å². The minimum absolute atomic E-state index is 0.158. The molecule has 1 aliphatic rings. The molecular weight excluding hydrogens is 357 g/mol.